The lowest BCUT2D eigenvalue weighted by molar-refractivity contribution is 0.0513. The Hall–Kier alpha value is -0.990. The van der Waals surface area contributed by atoms with Gasteiger partial charge in [-0.3, -0.25) is 0 Å². The number of hydrogen-bond donors (Lipinski definition) is 1. The zero-order valence-electron chi connectivity index (χ0n) is 9.76. The van der Waals surface area contributed by atoms with Gasteiger partial charge in [0.05, 0.1) is 6.04 Å². The van der Waals surface area contributed by atoms with Crippen molar-refractivity contribution in [2.45, 2.75) is 52.7 Å². The number of hydrogen-bond acceptors (Lipinski definition) is 2. The standard InChI is InChI=1S/C11H21NO2/c1-6-8-9(7-2)12-10(13)14-11(3,4)5/h6,8-9H,7H2,1-5H3,(H,12,13)/b8-6+/t9-/m0/s1. The van der Waals surface area contributed by atoms with Crippen molar-refractivity contribution in [1.29, 1.82) is 0 Å². The summed E-state index contributed by atoms with van der Waals surface area (Å²) in [5, 5.41) is 2.78. The van der Waals surface area contributed by atoms with E-state index in [1.807, 2.05) is 46.8 Å². The summed E-state index contributed by atoms with van der Waals surface area (Å²) in [5.74, 6) is 0. The molecule has 0 rings (SSSR count). The van der Waals surface area contributed by atoms with E-state index >= 15 is 0 Å². The largest absolute Gasteiger partial charge is 0.444 e. The highest BCUT2D eigenvalue weighted by Crippen LogP contribution is 2.07. The van der Waals surface area contributed by atoms with Gasteiger partial charge in [0.2, 0.25) is 0 Å². The maximum Gasteiger partial charge on any atom is 0.408 e. The molecule has 0 saturated carbocycles. The maximum atomic E-state index is 11.3. The molecular weight excluding hydrogens is 178 g/mol. The van der Waals surface area contributed by atoms with E-state index in [-0.39, 0.29) is 12.1 Å². The molecule has 0 aromatic carbocycles. The second kappa shape index (κ2) is 5.68. The summed E-state index contributed by atoms with van der Waals surface area (Å²) in [6.07, 6.45) is 4.38. The molecule has 0 bridgehead atoms. The van der Waals surface area contributed by atoms with Crippen LogP contribution < -0.4 is 5.32 Å². The minimum atomic E-state index is -0.432. The molecule has 0 aliphatic rings. The number of alkyl carbamates (subject to hydrolysis) is 1. The van der Waals surface area contributed by atoms with Crippen LogP contribution in [-0.4, -0.2) is 17.7 Å². The van der Waals surface area contributed by atoms with Gasteiger partial charge < -0.3 is 10.1 Å². The highest BCUT2D eigenvalue weighted by atomic mass is 16.6. The second-order valence-electron chi connectivity index (χ2n) is 4.19. The molecule has 3 nitrogen and oxygen atoms in total. The summed E-state index contributed by atoms with van der Waals surface area (Å²) in [4.78, 5) is 11.3. The molecule has 3 heteroatoms. The molecule has 82 valence electrons. The van der Waals surface area contributed by atoms with E-state index < -0.39 is 5.60 Å². The summed E-state index contributed by atoms with van der Waals surface area (Å²) in [6.45, 7) is 9.50. The van der Waals surface area contributed by atoms with Gasteiger partial charge in [-0.25, -0.2) is 4.79 Å². The fourth-order valence-electron chi connectivity index (χ4n) is 0.977. The molecule has 0 radical (unpaired) electrons. The van der Waals surface area contributed by atoms with Gasteiger partial charge in [0.15, 0.2) is 0 Å². The van der Waals surface area contributed by atoms with Crippen molar-refractivity contribution in [2.24, 2.45) is 0 Å². The fourth-order valence-corrected chi connectivity index (χ4v) is 0.977. The van der Waals surface area contributed by atoms with E-state index in [1.165, 1.54) is 0 Å². The number of carbonyl (C=O) groups is 1. The Kier molecular flexibility index (Phi) is 5.28. The zero-order chi connectivity index (χ0) is 11.2. The Morgan fingerprint density at radius 1 is 1.50 bits per heavy atom. The highest BCUT2D eigenvalue weighted by molar-refractivity contribution is 5.68. The van der Waals surface area contributed by atoms with Crippen LogP contribution in [0.2, 0.25) is 0 Å². The molecule has 0 saturated heterocycles. The molecule has 0 heterocycles. The minimum Gasteiger partial charge on any atom is -0.444 e. The van der Waals surface area contributed by atoms with Crippen molar-refractivity contribution in [3.63, 3.8) is 0 Å². The summed E-state index contributed by atoms with van der Waals surface area (Å²) in [6, 6.07) is 0.0647. The molecular formula is C11H21NO2. The lowest BCUT2D eigenvalue weighted by Crippen LogP contribution is -2.37. The van der Waals surface area contributed by atoms with Gasteiger partial charge in [-0.2, -0.15) is 0 Å². The van der Waals surface area contributed by atoms with Crippen molar-refractivity contribution in [2.75, 3.05) is 0 Å². The summed E-state index contributed by atoms with van der Waals surface area (Å²) in [7, 11) is 0. The van der Waals surface area contributed by atoms with Gasteiger partial charge in [-0.1, -0.05) is 19.1 Å². The molecule has 0 aromatic heterocycles. The van der Waals surface area contributed by atoms with Crippen LogP contribution in [-0.2, 0) is 4.74 Å². The molecule has 0 spiro atoms. The molecule has 1 N–H and O–H groups in total. The Balaban J connectivity index is 4.04. The Bertz CT molecular complexity index is 204. The van der Waals surface area contributed by atoms with Crippen LogP contribution in [0.3, 0.4) is 0 Å². The first-order valence-corrected chi connectivity index (χ1v) is 5.01. The number of amides is 1. The lowest BCUT2D eigenvalue weighted by atomic mass is 10.2. The van der Waals surface area contributed by atoms with Crippen molar-refractivity contribution in [3.8, 4) is 0 Å². The fraction of sp³-hybridized carbons (Fsp3) is 0.727. The number of allylic oxidation sites excluding steroid dienone is 1. The van der Waals surface area contributed by atoms with Gasteiger partial charge in [0.25, 0.3) is 0 Å². The van der Waals surface area contributed by atoms with Crippen molar-refractivity contribution < 1.29 is 9.53 Å². The molecule has 14 heavy (non-hydrogen) atoms. The summed E-state index contributed by atoms with van der Waals surface area (Å²) >= 11 is 0. The number of rotatable bonds is 3. The van der Waals surface area contributed by atoms with Crippen LogP contribution in [0.4, 0.5) is 4.79 Å². The average molecular weight is 199 g/mol. The van der Waals surface area contributed by atoms with Gasteiger partial charge in [-0.05, 0) is 34.1 Å². The molecule has 0 aliphatic heterocycles. The van der Waals surface area contributed by atoms with Crippen LogP contribution in [0, 0.1) is 0 Å². The first-order valence-electron chi connectivity index (χ1n) is 5.01. The molecule has 0 aliphatic carbocycles. The van der Waals surface area contributed by atoms with Crippen LogP contribution >= 0.6 is 0 Å². The predicted molar refractivity (Wildman–Crippen MR) is 58.3 cm³/mol. The van der Waals surface area contributed by atoms with E-state index in [2.05, 4.69) is 5.32 Å². The van der Waals surface area contributed by atoms with E-state index in [1.54, 1.807) is 0 Å². The van der Waals surface area contributed by atoms with E-state index in [9.17, 15) is 4.79 Å². The first-order chi connectivity index (χ1) is 6.39. The maximum absolute atomic E-state index is 11.3. The summed E-state index contributed by atoms with van der Waals surface area (Å²) in [5.41, 5.74) is -0.432. The molecule has 0 fully saturated rings. The van der Waals surface area contributed by atoms with E-state index in [0.717, 1.165) is 6.42 Å². The van der Waals surface area contributed by atoms with Gasteiger partial charge >= 0.3 is 6.09 Å². The highest BCUT2D eigenvalue weighted by Gasteiger charge is 2.17. The topological polar surface area (TPSA) is 38.3 Å². The number of carbonyl (C=O) groups excluding carboxylic acids is 1. The third-order valence-electron chi connectivity index (χ3n) is 1.57. The van der Waals surface area contributed by atoms with Gasteiger partial charge in [-0.15, -0.1) is 0 Å². The first kappa shape index (κ1) is 13.0. The Morgan fingerprint density at radius 3 is 2.43 bits per heavy atom. The average Bonchev–Trinajstić information content (AvgIpc) is 2.00. The summed E-state index contributed by atoms with van der Waals surface area (Å²) < 4.78 is 5.13. The van der Waals surface area contributed by atoms with Crippen LogP contribution in [0.5, 0.6) is 0 Å². The van der Waals surface area contributed by atoms with Gasteiger partial charge in [0, 0.05) is 0 Å². The number of ether oxygens (including phenoxy) is 1. The van der Waals surface area contributed by atoms with Crippen molar-refractivity contribution in [3.05, 3.63) is 12.2 Å². The normalized spacial score (nSPS) is 14.1. The van der Waals surface area contributed by atoms with E-state index in [0.29, 0.717) is 0 Å². The molecule has 1 amide bonds. The van der Waals surface area contributed by atoms with Crippen LogP contribution in [0.1, 0.15) is 41.0 Å². The lowest BCUT2D eigenvalue weighted by Gasteiger charge is -2.21. The molecule has 0 aromatic rings. The minimum absolute atomic E-state index is 0.0647. The monoisotopic (exact) mass is 199 g/mol. The van der Waals surface area contributed by atoms with E-state index in [4.69, 9.17) is 4.74 Å². The smallest absolute Gasteiger partial charge is 0.408 e. The van der Waals surface area contributed by atoms with Gasteiger partial charge in [0.1, 0.15) is 5.60 Å². The predicted octanol–water partition coefficient (Wildman–Crippen LogP) is 2.87. The van der Waals surface area contributed by atoms with Crippen LogP contribution in [0.25, 0.3) is 0 Å². The Labute approximate surface area is 86.5 Å². The third kappa shape index (κ3) is 6.52. The molecule has 1 atom stereocenters. The number of nitrogens with one attached hydrogen (secondary N) is 1. The SMILES string of the molecule is C/C=C/[C@H](CC)NC(=O)OC(C)(C)C. The van der Waals surface area contributed by atoms with Crippen LogP contribution in [0.15, 0.2) is 12.2 Å². The Morgan fingerprint density at radius 2 is 2.07 bits per heavy atom. The zero-order valence-corrected chi connectivity index (χ0v) is 9.76. The molecule has 0 unspecified atom stereocenters. The quantitative estimate of drug-likeness (QED) is 0.710. The van der Waals surface area contributed by atoms with Crippen molar-refractivity contribution in [1.82, 2.24) is 5.32 Å². The second-order valence-corrected chi connectivity index (χ2v) is 4.19. The third-order valence-corrected chi connectivity index (χ3v) is 1.57. The van der Waals surface area contributed by atoms with Crippen molar-refractivity contribution >= 4 is 6.09 Å².